The minimum atomic E-state index is -0.131. The predicted octanol–water partition coefficient (Wildman–Crippen LogP) is 0.890. The van der Waals surface area contributed by atoms with Crippen molar-refractivity contribution in [3.05, 3.63) is 23.9 Å². The summed E-state index contributed by atoms with van der Waals surface area (Å²) < 4.78 is 5.25. The summed E-state index contributed by atoms with van der Waals surface area (Å²) in [6.45, 7) is 2.20. The number of carbonyl (C=O) groups is 1. The van der Waals surface area contributed by atoms with Crippen LogP contribution in [0.1, 0.15) is 16.9 Å². The summed E-state index contributed by atoms with van der Waals surface area (Å²) in [6.07, 6.45) is 1.02. The van der Waals surface area contributed by atoms with Crippen molar-refractivity contribution in [2.24, 2.45) is 5.92 Å². The van der Waals surface area contributed by atoms with Crippen LogP contribution in [0.5, 0.6) is 0 Å². The van der Waals surface area contributed by atoms with E-state index >= 15 is 0 Å². The molecule has 1 aliphatic rings. The molecule has 0 bridgehead atoms. The molecule has 0 radical (unpaired) electrons. The van der Waals surface area contributed by atoms with Crippen molar-refractivity contribution in [3.63, 3.8) is 0 Å². The van der Waals surface area contributed by atoms with Gasteiger partial charge in [-0.25, -0.2) is 4.98 Å². The number of aromatic nitrogens is 1. The van der Waals surface area contributed by atoms with Crippen molar-refractivity contribution >= 4 is 11.7 Å². The minimum Gasteiger partial charge on any atom is -0.381 e. The van der Waals surface area contributed by atoms with Gasteiger partial charge in [-0.1, -0.05) is 6.07 Å². The molecule has 0 aromatic carbocycles. The lowest BCUT2D eigenvalue weighted by atomic mass is 10.1. The molecule has 1 saturated heterocycles. The van der Waals surface area contributed by atoms with E-state index in [9.17, 15) is 4.79 Å². The van der Waals surface area contributed by atoms with Gasteiger partial charge in [-0.3, -0.25) is 4.79 Å². The fraction of sp³-hybridized carbons (Fsp3) is 0.500. The van der Waals surface area contributed by atoms with Crippen LogP contribution in [0, 0.1) is 5.92 Å². The molecule has 1 fully saturated rings. The Hall–Kier alpha value is -1.62. The topological polar surface area (TPSA) is 63.2 Å². The van der Waals surface area contributed by atoms with Gasteiger partial charge in [0.1, 0.15) is 11.5 Å². The van der Waals surface area contributed by atoms with Crippen LogP contribution in [0.4, 0.5) is 5.82 Å². The molecule has 2 rings (SSSR count). The number of pyridine rings is 1. The highest BCUT2D eigenvalue weighted by atomic mass is 16.5. The van der Waals surface area contributed by atoms with Crippen LogP contribution in [-0.2, 0) is 4.74 Å². The summed E-state index contributed by atoms with van der Waals surface area (Å²) >= 11 is 0. The van der Waals surface area contributed by atoms with Crippen molar-refractivity contribution in [1.29, 1.82) is 0 Å². The first-order chi connectivity index (χ1) is 8.29. The lowest BCUT2D eigenvalue weighted by Gasteiger charge is -2.09. The van der Waals surface area contributed by atoms with E-state index in [0.717, 1.165) is 19.6 Å². The molecule has 2 heterocycles. The molecule has 1 aliphatic heterocycles. The quantitative estimate of drug-likeness (QED) is 0.813. The molecule has 1 amide bonds. The van der Waals surface area contributed by atoms with Crippen LogP contribution in [0.2, 0.25) is 0 Å². The van der Waals surface area contributed by atoms with E-state index in [1.807, 2.05) is 12.1 Å². The average molecular weight is 235 g/mol. The summed E-state index contributed by atoms with van der Waals surface area (Å²) in [7, 11) is 1.78. The van der Waals surface area contributed by atoms with Crippen LogP contribution in [0.15, 0.2) is 18.2 Å². The van der Waals surface area contributed by atoms with Crippen LogP contribution in [0.3, 0.4) is 0 Å². The molecule has 1 atom stereocenters. The number of rotatable bonds is 4. The molecule has 0 spiro atoms. The Morgan fingerprint density at radius 1 is 1.59 bits per heavy atom. The van der Waals surface area contributed by atoms with Crippen molar-refractivity contribution in [2.75, 3.05) is 32.1 Å². The summed E-state index contributed by atoms with van der Waals surface area (Å²) in [4.78, 5) is 16.0. The highest BCUT2D eigenvalue weighted by Crippen LogP contribution is 2.11. The number of ether oxygens (including phenoxy) is 1. The number of anilines is 1. The molecule has 5 nitrogen and oxygen atoms in total. The standard InChI is InChI=1S/C12H17N3O2/c1-13-11-4-2-3-10(15-11)12(16)14-7-9-5-6-17-8-9/h2-4,9H,5-8H2,1H3,(H,13,15)(H,14,16). The first-order valence-electron chi connectivity index (χ1n) is 5.80. The number of hydrogen-bond acceptors (Lipinski definition) is 4. The van der Waals surface area contributed by atoms with Gasteiger partial charge in [-0.2, -0.15) is 0 Å². The molecule has 0 aliphatic carbocycles. The van der Waals surface area contributed by atoms with Crippen LogP contribution < -0.4 is 10.6 Å². The Kier molecular flexibility index (Phi) is 3.93. The van der Waals surface area contributed by atoms with Crippen molar-refractivity contribution in [2.45, 2.75) is 6.42 Å². The van der Waals surface area contributed by atoms with Crippen LogP contribution in [-0.4, -0.2) is 37.7 Å². The van der Waals surface area contributed by atoms with E-state index in [2.05, 4.69) is 15.6 Å². The van der Waals surface area contributed by atoms with E-state index < -0.39 is 0 Å². The molecule has 5 heteroatoms. The summed E-state index contributed by atoms with van der Waals surface area (Å²) in [5.41, 5.74) is 0.441. The van der Waals surface area contributed by atoms with E-state index in [1.165, 1.54) is 0 Å². The molecular weight excluding hydrogens is 218 g/mol. The van der Waals surface area contributed by atoms with Gasteiger partial charge in [-0.15, -0.1) is 0 Å². The number of nitrogens with one attached hydrogen (secondary N) is 2. The van der Waals surface area contributed by atoms with E-state index in [1.54, 1.807) is 13.1 Å². The third-order valence-electron chi connectivity index (χ3n) is 2.81. The lowest BCUT2D eigenvalue weighted by Crippen LogP contribution is -2.30. The molecule has 1 aromatic heterocycles. The maximum absolute atomic E-state index is 11.8. The smallest absolute Gasteiger partial charge is 0.269 e. The molecule has 1 aromatic rings. The Balaban J connectivity index is 1.89. The zero-order valence-electron chi connectivity index (χ0n) is 9.90. The average Bonchev–Trinajstić information content (AvgIpc) is 2.89. The third-order valence-corrected chi connectivity index (χ3v) is 2.81. The molecule has 92 valence electrons. The summed E-state index contributed by atoms with van der Waals surface area (Å²) in [5.74, 6) is 1.00. The highest BCUT2D eigenvalue weighted by molar-refractivity contribution is 5.92. The number of hydrogen-bond donors (Lipinski definition) is 2. The van der Waals surface area contributed by atoms with Crippen molar-refractivity contribution < 1.29 is 9.53 Å². The van der Waals surface area contributed by atoms with Crippen molar-refractivity contribution in [3.8, 4) is 0 Å². The lowest BCUT2D eigenvalue weighted by molar-refractivity contribution is 0.0940. The molecule has 1 unspecified atom stereocenters. The minimum absolute atomic E-state index is 0.131. The van der Waals surface area contributed by atoms with E-state index in [0.29, 0.717) is 24.0 Å². The monoisotopic (exact) mass is 235 g/mol. The van der Waals surface area contributed by atoms with Gasteiger partial charge in [0.2, 0.25) is 0 Å². The molecular formula is C12H17N3O2. The second kappa shape index (κ2) is 5.63. The fourth-order valence-corrected chi connectivity index (χ4v) is 1.77. The van der Waals surface area contributed by atoms with E-state index in [-0.39, 0.29) is 5.91 Å². The Labute approximate surface area is 101 Å². The maximum Gasteiger partial charge on any atom is 0.269 e. The van der Waals surface area contributed by atoms with Gasteiger partial charge >= 0.3 is 0 Å². The Morgan fingerprint density at radius 2 is 2.47 bits per heavy atom. The van der Waals surface area contributed by atoms with Gasteiger partial charge < -0.3 is 15.4 Å². The van der Waals surface area contributed by atoms with Gasteiger partial charge in [0.05, 0.1) is 6.61 Å². The third kappa shape index (κ3) is 3.17. The maximum atomic E-state index is 11.8. The summed E-state index contributed by atoms with van der Waals surface area (Å²) in [5, 5.41) is 5.79. The number of nitrogens with zero attached hydrogens (tertiary/aromatic N) is 1. The number of amides is 1. The zero-order chi connectivity index (χ0) is 12.1. The normalized spacial score (nSPS) is 19.0. The Morgan fingerprint density at radius 3 is 3.18 bits per heavy atom. The van der Waals surface area contributed by atoms with Gasteiger partial charge in [-0.05, 0) is 18.6 Å². The first kappa shape index (κ1) is 11.9. The largest absolute Gasteiger partial charge is 0.381 e. The first-order valence-corrected chi connectivity index (χ1v) is 5.80. The predicted molar refractivity (Wildman–Crippen MR) is 65.0 cm³/mol. The van der Waals surface area contributed by atoms with Gasteiger partial charge in [0.15, 0.2) is 0 Å². The number of carbonyl (C=O) groups excluding carboxylic acids is 1. The fourth-order valence-electron chi connectivity index (χ4n) is 1.77. The van der Waals surface area contributed by atoms with Gasteiger partial charge in [0, 0.05) is 26.1 Å². The highest BCUT2D eigenvalue weighted by Gasteiger charge is 2.17. The molecule has 0 saturated carbocycles. The van der Waals surface area contributed by atoms with Crippen LogP contribution in [0.25, 0.3) is 0 Å². The van der Waals surface area contributed by atoms with Crippen LogP contribution >= 0.6 is 0 Å². The molecule has 17 heavy (non-hydrogen) atoms. The van der Waals surface area contributed by atoms with E-state index in [4.69, 9.17) is 4.74 Å². The summed E-state index contributed by atoms with van der Waals surface area (Å²) in [6, 6.07) is 5.34. The second-order valence-electron chi connectivity index (χ2n) is 4.10. The molecule has 2 N–H and O–H groups in total. The second-order valence-corrected chi connectivity index (χ2v) is 4.10. The SMILES string of the molecule is CNc1cccc(C(=O)NCC2CCOC2)n1. The zero-order valence-corrected chi connectivity index (χ0v) is 9.90. The Bertz CT molecular complexity index is 389. The van der Waals surface area contributed by atoms with Gasteiger partial charge in [0.25, 0.3) is 5.91 Å². The van der Waals surface area contributed by atoms with Crippen molar-refractivity contribution in [1.82, 2.24) is 10.3 Å².